The molecule has 0 aliphatic carbocycles. The fourth-order valence-electron chi connectivity index (χ4n) is 2.64. The Bertz CT molecular complexity index is 544. The maximum Gasteiger partial charge on any atom is 0.276 e. The Labute approximate surface area is 125 Å². The molecule has 0 N–H and O–H groups in total. The minimum Gasteiger partial charge on any atom is -0.447 e. The Morgan fingerprint density at radius 1 is 1.50 bits per heavy atom. The summed E-state index contributed by atoms with van der Waals surface area (Å²) in [7, 11) is -1.96. The number of likely N-dealkylation sites (N-methyl/N-ethyl adjacent to an activating group) is 2. The van der Waals surface area contributed by atoms with Gasteiger partial charge in [0.25, 0.3) is 10.0 Å². The Kier molecular flexibility index (Phi) is 5.12. The molecule has 0 saturated carbocycles. The van der Waals surface area contributed by atoms with Crippen molar-refractivity contribution in [2.45, 2.75) is 36.8 Å². The molecule has 2 rings (SSSR count). The van der Waals surface area contributed by atoms with Gasteiger partial charge in [0, 0.05) is 19.6 Å². The molecule has 5 nitrogen and oxygen atoms in total. The Balaban J connectivity index is 2.09. The molecular weight excluding hydrogens is 300 g/mol. The second-order valence-corrected chi connectivity index (χ2v) is 7.31. The first-order chi connectivity index (χ1) is 9.48. The van der Waals surface area contributed by atoms with E-state index in [-0.39, 0.29) is 11.0 Å². The van der Waals surface area contributed by atoms with Gasteiger partial charge in [0.05, 0.1) is 5.88 Å². The van der Waals surface area contributed by atoms with Crippen molar-refractivity contribution >= 4 is 21.6 Å². The van der Waals surface area contributed by atoms with E-state index in [1.165, 1.54) is 10.4 Å². The molecule has 0 bridgehead atoms. The van der Waals surface area contributed by atoms with Gasteiger partial charge >= 0.3 is 0 Å². The van der Waals surface area contributed by atoms with E-state index in [2.05, 4.69) is 11.8 Å². The molecule has 1 aromatic rings. The van der Waals surface area contributed by atoms with E-state index in [1.54, 1.807) is 13.1 Å². The molecule has 7 heteroatoms. The van der Waals surface area contributed by atoms with Crippen LogP contribution in [0.2, 0.25) is 0 Å². The molecule has 1 atom stereocenters. The first-order valence-electron chi connectivity index (χ1n) is 6.84. The summed E-state index contributed by atoms with van der Waals surface area (Å²) in [5, 5.41) is -0.0308. The topological polar surface area (TPSA) is 53.8 Å². The molecule has 114 valence electrons. The zero-order valence-corrected chi connectivity index (χ0v) is 13.5. The average molecular weight is 321 g/mol. The van der Waals surface area contributed by atoms with E-state index in [0.717, 1.165) is 25.9 Å². The van der Waals surface area contributed by atoms with E-state index >= 15 is 0 Å². The predicted octanol–water partition coefficient (Wildman–Crippen LogP) is 2.12. The van der Waals surface area contributed by atoms with Crippen molar-refractivity contribution in [1.29, 1.82) is 0 Å². The Morgan fingerprint density at radius 2 is 2.25 bits per heavy atom. The number of sulfonamides is 1. The van der Waals surface area contributed by atoms with Crippen LogP contribution in [-0.4, -0.2) is 50.3 Å². The highest BCUT2D eigenvalue weighted by atomic mass is 35.5. The van der Waals surface area contributed by atoms with Gasteiger partial charge in [-0.05, 0) is 38.1 Å². The van der Waals surface area contributed by atoms with Crippen molar-refractivity contribution < 1.29 is 12.8 Å². The number of likely N-dealkylation sites (tertiary alicyclic amines) is 1. The summed E-state index contributed by atoms with van der Waals surface area (Å²) in [6.07, 6.45) is 2.17. The van der Waals surface area contributed by atoms with Crippen molar-refractivity contribution in [2.75, 3.05) is 26.7 Å². The SMILES string of the molecule is CCN1CCCC1CN(C)S(=O)(=O)c1ccc(CCl)o1. The van der Waals surface area contributed by atoms with Gasteiger partial charge in [0.15, 0.2) is 0 Å². The molecule has 0 amide bonds. The van der Waals surface area contributed by atoms with E-state index in [4.69, 9.17) is 16.0 Å². The Morgan fingerprint density at radius 3 is 2.85 bits per heavy atom. The van der Waals surface area contributed by atoms with Gasteiger partial charge in [-0.15, -0.1) is 11.6 Å². The van der Waals surface area contributed by atoms with Gasteiger partial charge in [-0.1, -0.05) is 6.92 Å². The highest BCUT2D eigenvalue weighted by Crippen LogP contribution is 2.22. The second-order valence-electron chi connectivity index (χ2n) is 5.06. The number of alkyl halides is 1. The van der Waals surface area contributed by atoms with Crippen molar-refractivity contribution in [3.8, 4) is 0 Å². The van der Waals surface area contributed by atoms with Crippen LogP contribution in [0.1, 0.15) is 25.5 Å². The summed E-state index contributed by atoms with van der Waals surface area (Å²) >= 11 is 5.64. The first-order valence-corrected chi connectivity index (χ1v) is 8.81. The summed E-state index contributed by atoms with van der Waals surface area (Å²) in [5.74, 6) is 0.639. The standard InChI is InChI=1S/C13H21ClN2O3S/c1-3-16-8-4-5-11(16)10-15(2)20(17,18)13-7-6-12(9-14)19-13/h6-7,11H,3-5,8-10H2,1-2H3. The minimum atomic E-state index is -3.57. The van der Waals surface area contributed by atoms with Crippen molar-refractivity contribution in [2.24, 2.45) is 0 Å². The quantitative estimate of drug-likeness (QED) is 0.753. The molecule has 1 aliphatic heterocycles. The molecule has 1 aliphatic rings. The van der Waals surface area contributed by atoms with Crippen LogP contribution < -0.4 is 0 Å². The molecule has 1 saturated heterocycles. The first kappa shape index (κ1) is 15.8. The van der Waals surface area contributed by atoms with Crippen LogP contribution in [0.3, 0.4) is 0 Å². The summed E-state index contributed by atoms with van der Waals surface area (Å²) in [6, 6.07) is 3.36. The number of halogens is 1. The van der Waals surface area contributed by atoms with E-state index in [9.17, 15) is 8.42 Å². The number of hydrogen-bond acceptors (Lipinski definition) is 4. The lowest BCUT2D eigenvalue weighted by atomic mass is 10.2. The summed E-state index contributed by atoms with van der Waals surface area (Å²) < 4.78 is 31.5. The molecule has 1 aromatic heterocycles. The van der Waals surface area contributed by atoms with Crippen LogP contribution >= 0.6 is 11.6 Å². The predicted molar refractivity (Wildman–Crippen MR) is 78.3 cm³/mol. The third kappa shape index (κ3) is 3.19. The van der Waals surface area contributed by atoms with Crippen LogP contribution in [0.4, 0.5) is 0 Å². The van der Waals surface area contributed by atoms with Crippen LogP contribution in [0.15, 0.2) is 21.6 Å². The molecule has 1 unspecified atom stereocenters. The van der Waals surface area contributed by atoms with Crippen molar-refractivity contribution in [3.05, 3.63) is 17.9 Å². The lowest BCUT2D eigenvalue weighted by molar-refractivity contribution is 0.236. The van der Waals surface area contributed by atoms with Crippen LogP contribution in [0.25, 0.3) is 0 Å². The normalized spacial score (nSPS) is 20.9. The summed E-state index contributed by atoms with van der Waals surface area (Å²) in [4.78, 5) is 2.32. The van der Waals surface area contributed by atoms with Gasteiger partial charge in [-0.25, -0.2) is 8.42 Å². The van der Waals surface area contributed by atoms with Crippen molar-refractivity contribution in [1.82, 2.24) is 9.21 Å². The van der Waals surface area contributed by atoms with E-state index in [1.807, 2.05) is 0 Å². The van der Waals surface area contributed by atoms with Crippen LogP contribution in [0.5, 0.6) is 0 Å². The molecule has 2 heterocycles. The molecule has 0 aromatic carbocycles. The minimum absolute atomic E-state index is 0.0308. The molecule has 20 heavy (non-hydrogen) atoms. The van der Waals surface area contributed by atoms with Gasteiger partial charge in [0.2, 0.25) is 5.09 Å². The number of nitrogens with zero attached hydrogens (tertiary/aromatic N) is 2. The summed E-state index contributed by atoms with van der Waals surface area (Å²) in [5.41, 5.74) is 0. The van der Waals surface area contributed by atoms with Crippen LogP contribution in [-0.2, 0) is 15.9 Å². The van der Waals surface area contributed by atoms with E-state index in [0.29, 0.717) is 18.3 Å². The number of hydrogen-bond donors (Lipinski definition) is 0. The number of rotatable bonds is 6. The number of furan rings is 1. The zero-order valence-electron chi connectivity index (χ0n) is 11.9. The maximum absolute atomic E-state index is 12.4. The third-order valence-corrected chi connectivity index (χ3v) is 5.77. The van der Waals surface area contributed by atoms with E-state index < -0.39 is 10.0 Å². The lowest BCUT2D eigenvalue weighted by Gasteiger charge is -2.26. The molecular formula is C13H21ClN2O3S. The molecule has 1 fully saturated rings. The lowest BCUT2D eigenvalue weighted by Crippen LogP contribution is -2.41. The smallest absolute Gasteiger partial charge is 0.276 e. The van der Waals surface area contributed by atoms with Gasteiger partial charge in [0.1, 0.15) is 5.76 Å². The molecule has 0 spiro atoms. The molecule has 0 radical (unpaired) electrons. The third-order valence-electron chi connectivity index (χ3n) is 3.81. The zero-order chi connectivity index (χ0) is 14.8. The monoisotopic (exact) mass is 320 g/mol. The fraction of sp³-hybridized carbons (Fsp3) is 0.692. The van der Waals surface area contributed by atoms with Gasteiger partial charge in [-0.2, -0.15) is 4.31 Å². The highest BCUT2D eigenvalue weighted by molar-refractivity contribution is 7.89. The highest BCUT2D eigenvalue weighted by Gasteiger charge is 2.30. The average Bonchev–Trinajstić information content (AvgIpc) is 3.07. The largest absolute Gasteiger partial charge is 0.447 e. The maximum atomic E-state index is 12.4. The van der Waals surface area contributed by atoms with Crippen LogP contribution in [0, 0.1) is 0 Å². The fourth-order valence-corrected chi connectivity index (χ4v) is 3.91. The van der Waals surface area contributed by atoms with Gasteiger partial charge < -0.3 is 4.42 Å². The summed E-state index contributed by atoms with van der Waals surface area (Å²) in [6.45, 7) is 4.60. The van der Waals surface area contributed by atoms with Gasteiger partial charge in [-0.3, -0.25) is 4.90 Å². The van der Waals surface area contributed by atoms with Crippen molar-refractivity contribution in [3.63, 3.8) is 0 Å². The Hall–Kier alpha value is -0.560. The second kappa shape index (κ2) is 6.47.